The molecule has 1 amide bonds. The van der Waals surface area contributed by atoms with Gasteiger partial charge in [-0.1, -0.05) is 47.5 Å². The highest BCUT2D eigenvalue weighted by Crippen LogP contribution is 2.25. The van der Waals surface area contributed by atoms with Gasteiger partial charge in [-0.3, -0.25) is 4.79 Å². The van der Waals surface area contributed by atoms with Gasteiger partial charge in [-0.15, -0.1) is 11.8 Å². The number of hydrogen-bond acceptors (Lipinski definition) is 3. The van der Waals surface area contributed by atoms with E-state index in [4.69, 9.17) is 23.2 Å². The van der Waals surface area contributed by atoms with Gasteiger partial charge in [0.25, 0.3) is 0 Å². The molecular weight excluding hydrogens is 387 g/mol. The van der Waals surface area contributed by atoms with Gasteiger partial charge in [-0.2, -0.15) is 0 Å². The predicted molar refractivity (Wildman–Crippen MR) is 112 cm³/mol. The average Bonchev–Trinajstić information content (AvgIpc) is 3.12. The molecular formula is C20H22Cl2N2OS. The SMILES string of the molecule is O=C(CSCc1ccc(Cl)cc1Cl)NCC1CCN(c2ccccc2)C1. The maximum Gasteiger partial charge on any atom is 0.230 e. The van der Waals surface area contributed by atoms with E-state index >= 15 is 0 Å². The van der Waals surface area contributed by atoms with Crippen LogP contribution in [0.25, 0.3) is 0 Å². The van der Waals surface area contributed by atoms with E-state index in [1.54, 1.807) is 17.8 Å². The highest BCUT2D eigenvalue weighted by Gasteiger charge is 2.22. The fraction of sp³-hybridized carbons (Fsp3) is 0.350. The number of nitrogens with zero attached hydrogens (tertiary/aromatic N) is 1. The fourth-order valence-electron chi connectivity index (χ4n) is 3.07. The molecule has 3 rings (SSSR count). The van der Waals surface area contributed by atoms with Crippen LogP contribution in [0.2, 0.25) is 10.0 Å². The maximum atomic E-state index is 12.1. The van der Waals surface area contributed by atoms with Crippen LogP contribution in [0.15, 0.2) is 48.5 Å². The lowest BCUT2D eigenvalue weighted by molar-refractivity contribution is -0.118. The monoisotopic (exact) mass is 408 g/mol. The van der Waals surface area contributed by atoms with Gasteiger partial charge in [-0.25, -0.2) is 0 Å². The van der Waals surface area contributed by atoms with Crippen molar-refractivity contribution in [2.45, 2.75) is 12.2 Å². The molecule has 1 saturated heterocycles. The van der Waals surface area contributed by atoms with E-state index in [9.17, 15) is 4.79 Å². The summed E-state index contributed by atoms with van der Waals surface area (Å²) >= 11 is 13.6. The Morgan fingerprint density at radius 3 is 2.77 bits per heavy atom. The van der Waals surface area contributed by atoms with Gasteiger partial charge >= 0.3 is 0 Å². The van der Waals surface area contributed by atoms with Crippen LogP contribution >= 0.6 is 35.0 Å². The molecule has 1 heterocycles. The number of benzene rings is 2. The normalized spacial score (nSPS) is 16.7. The number of nitrogens with one attached hydrogen (secondary N) is 1. The summed E-state index contributed by atoms with van der Waals surface area (Å²) in [6, 6.07) is 15.9. The van der Waals surface area contributed by atoms with Crippen LogP contribution in [0.4, 0.5) is 5.69 Å². The van der Waals surface area contributed by atoms with E-state index in [1.165, 1.54) is 5.69 Å². The number of rotatable bonds is 7. The number of carbonyl (C=O) groups is 1. The average molecular weight is 409 g/mol. The Morgan fingerprint density at radius 2 is 2.00 bits per heavy atom. The molecule has 26 heavy (non-hydrogen) atoms. The molecule has 0 saturated carbocycles. The molecule has 1 fully saturated rings. The predicted octanol–water partition coefficient (Wildman–Crippen LogP) is 4.87. The standard InChI is InChI=1S/C20H22Cl2N2OS/c21-17-7-6-16(19(22)10-17)13-26-14-20(25)23-11-15-8-9-24(12-15)18-4-2-1-3-5-18/h1-7,10,15H,8-9,11-14H2,(H,23,25). The Kier molecular flexibility index (Phi) is 7.12. The van der Waals surface area contributed by atoms with Crippen molar-refractivity contribution in [3.05, 3.63) is 64.1 Å². The van der Waals surface area contributed by atoms with Crippen molar-refractivity contribution in [1.82, 2.24) is 5.32 Å². The van der Waals surface area contributed by atoms with Crippen molar-refractivity contribution in [3.63, 3.8) is 0 Å². The third-order valence-electron chi connectivity index (χ3n) is 4.50. The molecule has 0 aliphatic carbocycles. The number of anilines is 1. The summed E-state index contributed by atoms with van der Waals surface area (Å²) in [5.74, 6) is 1.73. The molecule has 1 aliphatic rings. The third kappa shape index (κ3) is 5.57. The van der Waals surface area contributed by atoms with Crippen molar-refractivity contribution in [2.24, 2.45) is 5.92 Å². The van der Waals surface area contributed by atoms with Gasteiger partial charge in [0.15, 0.2) is 0 Å². The lowest BCUT2D eigenvalue weighted by atomic mass is 10.1. The third-order valence-corrected chi connectivity index (χ3v) is 6.07. The second kappa shape index (κ2) is 9.54. The molecule has 0 radical (unpaired) electrons. The van der Waals surface area contributed by atoms with Crippen molar-refractivity contribution in [1.29, 1.82) is 0 Å². The van der Waals surface area contributed by atoms with Gasteiger partial charge in [0, 0.05) is 41.1 Å². The topological polar surface area (TPSA) is 32.3 Å². The molecule has 0 bridgehead atoms. The van der Waals surface area contributed by atoms with Crippen molar-refractivity contribution < 1.29 is 4.79 Å². The van der Waals surface area contributed by atoms with Crippen molar-refractivity contribution in [2.75, 3.05) is 30.3 Å². The summed E-state index contributed by atoms with van der Waals surface area (Å²) in [4.78, 5) is 14.5. The lowest BCUT2D eigenvalue weighted by Gasteiger charge is -2.18. The first-order chi connectivity index (χ1) is 12.6. The quantitative estimate of drug-likeness (QED) is 0.708. The van der Waals surface area contributed by atoms with E-state index in [2.05, 4.69) is 34.5 Å². The molecule has 6 heteroatoms. The number of para-hydroxylation sites is 1. The van der Waals surface area contributed by atoms with Crippen LogP contribution in [0.1, 0.15) is 12.0 Å². The van der Waals surface area contributed by atoms with E-state index in [0.29, 0.717) is 27.5 Å². The van der Waals surface area contributed by atoms with Gasteiger partial charge in [0.05, 0.1) is 5.75 Å². The molecule has 2 aromatic rings. The Bertz CT molecular complexity index is 742. The summed E-state index contributed by atoms with van der Waals surface area (Å²) in [5.41, 5.74) is 2.26. The molecule has 1 aliphatic heterocycles. The minimum atomic E-state index is 0.0817. The van der Waals surface area contributed by atoms with Crippen LogP contribution in [0.3, 0.4) is 0 Å². The number of hydrogen-bond donors (Lipinski definition) is 1. The largest absolute Gasteiger partial charge is 0.371 e. The van der Waals surface area contributed by atoms with E-state index in [1.807, 2.05) is 18.2 Å². The van der Waals surface area contributed by atoms with Gasteiger partial charge in [-0.05, 0) is 42.2 Å². The van der Waals surface area contributed by atoms with Gasteiger partial charge in [0.1, 0.15) is 0 Å². The zero-order valence-corrected chi connectivity index (χ0v) is 16.8. The zero-order chi connectivity index (χ0) is 18.4. The maximum absolute atomic E-state index is 12.1. The second-order valence-corrected chi connectivity index (χ2v) is 8.30. The lowest BCUT2D eigenvalue weighted by Crippen LogP contribution is -2.32. The molecule has 1 unspecified atom stereocenters. The number of amides is 1. The molecule has 1 atom stereocenters. The summed E-state index contributed by atoms with van der Waals surface area (Å²) in [6.07, 6.45) is 1.11. The van der Waals surface area contributed by atoms with Gasteiger partial charge in [0.2, 0.25) is 5.91 Å². The fourth-order valence-corrected chi connectivity index (χ4v) is 4.49. The minimum Gasteiger partial charge on any atom is -0.371 e. The first kappa shape index (κ1) is 19.4. The summed E-state index contributed by atoms with van der Waals surface area (Å²) in [7, 11) is 0. The van der Waals surface area contributed by atoms with Gasteiger partial charge < -0.3 is 10.2 Å². The molecule has 0 aromatic heterocycles. The highest BCUT2D eigenvalue weighted by molar-refractivity contribution is 7.99. The molecule has 2 aromatic carbocycles. The molecule has 1 N–H and O–H groups in total. The molecule has 138 valence electrons. The van der Waals surface area contributed by atoms with E-state index in [-0.39, 0.29) is 5.91 Å². The molecule has 3 nitrogen and oxygen atoms in total. The number of carbonyl (C=O) groups excluding carboxylic acids is 1. The second-order valence-electron chi connectivity index (χ2n) is 6.47. The first-order valence-electron chi connectivity index (χ1n) is 8.70. The van der Waals surface area contributed by atoms with Crippen molar-refractivity contribution >= 4 is 46.6 Å². The Labute approximate surface area is 169 Å². The summed E-state index contributed by atoms with van der Waals surface area (Å²) in [6.45, 7) is 2.79. The number of thioether (sulfide) groups is 1. The Balaban J connectivity index is 1.35. The Hall–Kier alpha value is -1.36. The van der Waals surface area contributed by atoms with Crippen LogP contribution in [0, 0.1) is 5.92 Å². The minimum absolute atomic E-state index is 0.0817. The van der Waals surface area contributed by atoms with E-state index < -0.39 is 0 Å². The van der Waals surface area contributed by atoms with Crippen LogP contribution in [-0.2, 0) is 10.5 Å². The van der Waals surface area contributed by atoms with Crippen LogP contribution in [0.5, 0.6) is 0 Å². The van der Waals surface area contributed by atoms with Crippen LogP contribution < -0.4 is 10.2 Å². The highest BCUT2D eigenvalue weighted by atomic mass is 35.5. The summed E-state index contributed by atoms with van der Waals surface area (Å²) in [5, 5.41) is 4.34. The van der Waals surface area contributed by atoms with Crippen LogP contribution in [-0.4, -0.2) is 31.3 Å². The first-order valence-corrected chi connectivity index (χ1v) is 10.6. The van der Waals surface area contributed by atoms with E-state index in [0.717, 1.165) is 31.6 Å². The van der Waals surface area contributed by atoms with Crippen molar-refractivity contribution in [3.8, 4) is 0 Å². The smallest absolute Gasteiger partial charge is 0.230 e. The summed E-state index contributed by atoms with van der Waals surface area (Å²) < 4.78 is 0. The number of halogens is 2. The molecule has 0 spiro atoms. The Morgan fingerprint density at radius 1 is 1.19 bits per heavy atom. The zero-order valence-electron chi connectivity index (χ0n) is 14.5.